The number of carbonyl (C=O) groups excluding carboxylic acids is 2. The summed E-state index contributed by atoms with van der Waals surface area (Å²) in [4.78, 5) is 25.2. The van der Waals surface area contributed by atoms with Gasteiger partial charge in [-0.3, -0.25) is 0 Å². The number of unbranched alkanes of at least 4 members (excludes halogenated alkanes) is 1. The molecular formula is C24H27FO6. The summed E-state index contributed by atoms with van der Waals surface area (Å²) in [7, 11) is 0. The first-order valence-electron chi connectivity index (χ1n) is 10.4. The Balaban J connectivity index is 1.78. The molecule has 0 bridgehead atoms. The van der Waals surface area contributed by atoms with Crippen LogP contribution < -0.4 is 0 Å². The molecule has 6 nitrogen and oxygen atoms in total. The molecule has 0 amide bonds. The monoisotopic (exact) mass is 430 g/mol. The van der Waals surface area contributed by atoms with Crippen LogP contribution in [0.25, 0.3) is 0 Å². The van der Waals surface area contributed by atoms with Crippen molar-refractivity contribution >= 4 is 11.9 Å². The lowest BCUT2D eigenvalue weighted by atomic mass is 9.98. The van der Waals surface area contributed by atoms with Crippen LogP contribution in [0.15, 0.2) is 60.7 Å². The molecule has 2 aromatic carbocycles. The highest BCUT2D eigenvalue weighted by molar-refractivity contribution is 5.90. The fourth-order valence-electron chi connectivity index (χ4n) is 3.25. The van der Waals surface area contributed by atoms with E-state index >= 15 is 4.39 Å². The average Bonchev–Trinajstić information content (AvgIpc) is 3.02. The van der Waals surface area contributed by atoms with Crippen LogP contribution in [0.3, 0.4) is 0 Å². The molecule has 2 aromatic rings. The molecule has 0 saturated carbocycles. The van der Waals surface area contributed by atoms with Gasteiger partial charge in [0.15, 0.2) is 6.17 Å². The normalized spacial score (nSPS) is 25.2. The molecule has 166 valence electrons. The van der Waals surface area contributed by atoms with Crippen molar-refractivity contribution in [2.75, 3.05) is 13.2 Å². The molecule has 1 saturated heterocycles. The standard InChI is InChI=1S/C24H27FO6/c1-3-4-15-28-16-19-20(25)24(2,31-22(27)18-13-9-6-10-14-18)23(29-19)30-21(26)17-11-7-5-8-12-17/h5-14,19-20,23H,3-4,15-16H2,1-2H3/t19-,20+,23?,24-/m1/s1. The van der Waals surface area contributed by atoms with E-state index in [9.17, 15) is 9.59 Å². The molecule has 31 heavy (non-hydrogen) atoms. The van der Waals surface area contributed by atoms with Crippen LogP contribution in [-0.4, -0.2) is 49.3 Å². The summed E-state index contributed by atoms with van der Waals surface area (Å²) < 4.78 is 37.6. The molecule has 0 aromatic heterocycles. The number of benzene rings is 2. The molecule has 1 fully saturated rings. The van der Waals surface area contributed by atoms with Crippen molar-refractivity contribution in [1.82, 2.24) is 0 Å². The Morgan fingerprint density at radius 3 is 2.16 bits per heavy atom. The number of ether oxygens (including phenoxy) is 4. The minimum atomic E-state index is -1.84. The Morgan fingerprint density at radius 1 is 1.00 bits per heavy atom. The maximum Gasteiger partial charge on any atom is 0.340 e. The molecule has 0 spiro atoms. The van der Waals surface area contributed by atoms with Gasteiger partial charge in [0.25, 0.3) is 0 Å². The van der Waals surface area contributed by atoms with E-state index < -0.39 is 36.1 Å². The maximum atomic E-state index is 15.5. The summed E-state index contributed by atoms with van der Waals surface area (Å²) in [6, 6.07) is 16.5. The van der Waals surface area contributed by atoms with Gasteiger partial charge < -0.3 is 18.9 Å². The predicted octanol–water partition coefficient (Wildman–Crippen LogP) is 4.34. The zero-order valence-electron chi connectivity index (χ0n) is 17.7. The zero-order chi connectivity index (χ0) is 22.3. The van der Waals surface area contributed by atoms with E-state index in [-0.39, 0.29) is 17.7 Å². The van der Waals surface area contributed by atoms with Gasteiger partial charge in [-0.2, -0.15) is 0 Å². The van der Waals surface area contributed by atoms with E-state index in [1.54, 1.807) is 60.7 Å². The lowest BCUT2D eigenvalue weighted by molar-refractivity contribution is -0.174. The fourth-order valence-corrected chi connectivity index (χ4v) is 3.25. The molecule has 1 unspecified atom stereocenters. The molecule has 4 atom stereocenters. The topological polar surface area (TPSA) is 71.1 Å². The number of rotatable bonds is 9. The van der Waals surface area contributed by atoms with Crippen LogP contribution >= 0.6 is 0 Å². The third-order valence-corrected chi connectivity index (χ3v) is 5.11. The Labute approximate surface area is 181 Å². The first-order valence-corrected chi connectivity index (χ1v) is 10.4. The van der Waals surface area contributed by atoms with Crippen molar-refractivity contribution < 1.29 is 32.9 Å². The number of hydrogen-bond acceptors (Lipinski definition) is 6. The number of halogens is 1. The molecule has 1 aliphatic heterocycles. The van der Waals surface area contributed by atoms with Crippen molar-refractivity contribution in [3.8, 4) is 0 Å². The van der Waals surface area contributed by atoms with E-state index in [2.05, 4.69) is 0 Å². The quantitative estimate of drug-likeness (QED) is 0.435. The number of hydrogen-bond donors (Lipinski definition) is 0. The summed E-state index contributed by atoms with van der Waals surface area (Å²) >= 11 is 0. The van der Waals surface area contributed by atoms with Crippen molar-refractivity contribution in [2.24, 2.45) is 0 Å². The number of alkyl halides is 1. The maximum absolute atomic E-state index is 15.5. The van der Waals surface area contributed by atoms with Crippen LogP contribution in [0.4, 0.5) is 4.39 Å². The van der Waals surface area contributed by atoms with Crippen molar-refractivity contribution in [2.45, 2.75) is 50.9 Å². The van der Waals surface area contributed by atoms with Gasteiger partial charge in [0.1, 0.15) is 6.10 Å². The lowest BCUT2D eigenvalue weighted by Gasteiger charge is -2.30. The van der Waals surface area contributed by atoms with E-state index in [0.29, 0.717) is 6.61 Å². The Bertz CT molecular complexity index is 859. The number of esters is 2. The molecule has 0 aliphatic carbocycles. The van der Waals surface area contributed by atoms with E-state index in [1.807, 2.05) is 6.92 Å². The molecule has 1 heterocycles. The van der Waals surface area contributed by atoms with Gasteiger partial charge in [0, 0.05) is 6.61 Å². The highest BCUT2D eigenvalue weighted by atomic mass is 19.1. The Morgan fingerprint density at radius 2 is 1.58 bits per heavy atom. The van der Waals surface area contributed by atoms with Gasteiger partial charge in [-0.05, 0) is 37.6 Å². The largest absolute Gasteiger partial charge is 0.446 e. The molecule has 3 rings (SSSR count). The minimum absolute atomic E-state index is 0.0426. The first kappa shape index (κ1) is 22.9. The first-order chi connectivity index (χ1) is 15.0. The average molecular weight is 430 g/mol. The fraction of sp³-hybridized carbons (Fsp3) is 0.417. The van der Waals surface area contributed by atoms with Crippen LogP contribution in [0, 0.1) is 0 Å². The minimum Gasteiger partial charge on any atom is -0.446 e. The van der Waals surface area contributed by atoms with E-state index in [1.165, 1.54) is 6.92 Å². The summed E-state index contributed by atoms with van der Waals surface area (Å²) in [5.41, 5.74) is -1.30. The van der Waals surface area contributed by atoms with Gasteiger partial charge in [0.2, 0.25) is 11.9 Å². The van der Waals surface area contributed by atoms with Gasteiger partial charge in [-0.25, -0.2) is 14.0 Å². The second-order valence-corrected chi connectivity index (χ2v) is 7.55. The molecule has 7 heteroatoms. The molecule has 0 radical (unpaired) electrons. The van der Waals surface area contributed by atoms with Crippen LogP contribution in [0.1, 0.15) is 47.4 Å². The summed E-state index contributed by atoms with van der Waals surface area (Å²) in [6.07, 6.45) is -2.46. The highest BCUT2D eigenvalue weighted by Gasteiger charge is 2.59. The molecule has 1 aliphatic rings. The van der Waals surface area contributed by atoms with Crippen LogP contribution in [0.5, 0.6) is 0 Å². The third kappa shape index (κ3) is 5.48. The zero-order valence-corrected chi connectivity index (χ0v) is 17.7. The van der Waals surface area contributed by atoms with Gasteiger partial charge in [-0.1, -0.05) is 49.7 Å². The van der Waals surface area contributed by atoms with E-state index in [0.717, 1.165) is 12.8 Å². The van der Waals surface area contributed by atoms with Crippen molar-refractivity contribution in [3.05, 3.63) is 71.8 Å². The lowest BCUT2D eigenvalue weighted by Crippen LogP contribution is -2.49. The van der Waals surface area contributed by atoms with Crippen LogP contribution in [0.2, 0.25) is 0 Å². The SMILES string of the molecule is CCCCOC[C@H]1OC(OC(=O)c2ccccc2)[C@](C)(OC(=O)c2ccccc2)[C@H]1F. The molecule has 0 N–H and O–H groups in total. The second kappa shape index (κ2) is 10.5. The van der Waals surface area contributed by atoms with Crippen LogP contribution in [-0.2, 0) is 18.9 Å². The third-order valence-electron chi connectivity index (χ3n) is 5.11. The summed E-state index contributed by atoms with van der Waals surface area (Å²) in [5, 5.41) is 0. The van der Waals surface area contributed by atoms with E-state index in [4.69, 9.17) is 18.9 Å². The van der Waals surface area contributed by atoms with Crippen molar-refractivity contribution in [1.29, 1.82) is 0 Å². The summed E-state index contributed by atoms with van der Waals surface area (Å²) in [5.74, 6) is -1.44. The second-order valence-electron chi connectivity index (χ2n) is 7.55. The highest BCUT2D eigenvalue weighted by Crippen LogP contribution is 2.38. The van der Waals surface area contributed by atoms with Crippen molar-refractivity contribution in [3.63, 3.8) is 0 Å². The smallest absolute Gasteiger partial charge is 0.340 e. The summed E-state index contributed by atoms with van der Waals surface area (Å²) in [6.45, 7) is 3.80. The van der Waals surface area contributed by atoms with Gasteiger partial charge in [-0.15, -0.1) is 0 Å². The molecular weight excluding hydrogens is 403 g/mol. The number of carbonyl (C=O) groups is 2. The Hall–Kier alpha value is -2.77. The van der Waals surface area contributed by atoms with Gasteiger partial charge >= 0.3 is 11.9 Å². The predicted molar refractivity (Wildman–Crippen MR) is 111 cm³/mol. The van der Waals surface area contributed by atoms with Gasteiger partial charge in [0.05, 0.1) is 17.7 Å². The Kier molecular flexibility index (Phi) is 7.76.